The van der Waals surface area contributed by atoms with E-state index in [9.17, 15) is 9.59 Å². The summed E-state index contributed by atoms with van der Waals surface area (Å²) in [6.07, 6.45) is 9.18. The molecular formula is C16H31NO4. The lowest BCUT2D eigenvalue weighted by atomic mass is 10.1. The van der Waals surface area contributed by atoms with E-state index < -0.39 is 6.09 Å². The maximum Gasteiger partial charge on any atom is 0.410 e. The first-order chi connectivity index (χ1) is 10.2. The van der Waals surface area contributed by atoms with Crippen LogP contribution in [-0.4, -0.2) is 43.8 Å². The van der Waals surface area contributed by atoms with Gasteiger partial charge in [-0.05, 0) is 13.3 Å². The molecule has 0 aromatic heterocycles. The van der Waals surface area contributed by atoms with Crippen molar-refractivity contribution >= 4 is 12.1 Å². The smallest absolute Gasteiger partial charge is 0.410 e. The molecule has 0 unspecified atom stereocenters. The fraction of sp³-hybridized carbons (Fsp3) is 0.875. The minimum atomic E-state index is -0.499. The fourth-order valence-corrected chi connectivity index (χ4v) is 2.06. The largest absolute Gasteiger partial charge is 0.464 e. The van der Waals surface area contributed by atoms with Crippen molar-refractivity contribution in [2.24, 2.45) is 0 Å². The molecule has 0 saturated heterocycles. The zero-order valence-corrected chi connectivity index (χ0v) is 13.9. The molecule has 0 aromatic carbocycles. The van der Waals surface area contributed by atoms with Gasteiger partial charge in [-0.3, -0.25) is 9.69 Å². The van der Waals surface area contributed by atoms with E-state index in [2.05, 4.69) is 11.7 Å². The highest BCUT2D eigenvalue weighted by molar-refractivity contribution is 5.77. The van der Waals surface area contributed by atoms with Gasteiger partial charge in [0.05, 0.1) is 13.7 Å². The fourth-order valence-electron chi connectivity index (χ4n) is 2.06. The third-order valence-corrected chi connectivity index (χ3v) is 3.40. The molecule has 0 fully saturated rings. The minimum absolute atomic E-state index is 0.0415. The molecule has 21 heavy (non-hydrogen) atoms. The molecule has 124 valence electrons. The van der Waals surface area contributed by atoms with Crippen LogP contribution in [0.15, 0.2) is 0 Å². The first-order valence-electron chi connectivity index (χ1n) is 8.14. The van der Waals surface area contributed by atoms with Crippen LogP contribution in [0, 0.1) is 0 Å². The lowest BCUT2D eigenvalue weighted by molar-refractivity contribution is -0.144. The number of nitrogens with zero attached hydrogens (tertiary/aromatic N) is 1. The quantitative estimate of drug-likeness (QED) is 0.407. The Kier molecular flexibility index (Phi) is 12.9. The van der Waals surface area contributed by atoms with Gasteiger partial charge in [0, 0.05) is 6.54 Å². The van der Waals surface area contributed by atoms with Gasteiger partial charge in [-0.1, -0.05) is 51.9 Å². The van der Waals surface area contributed by atoms with E-state index in [1.54, 1.807) is 6.92 Å². The minimum Gasteiger partial charge on any atom is -0.464 e. The molecule has 0 bridgehead atoms. The topological polar surface area (TPSA) is 55.8 Å². The van der Waals surface area contributed by atoms with Crippen LogP contribution in [0.25, 0.3) is 0 Å². The summed E-state index contributed by atoms with van der Waals surface area (Å²) in [6.45, 7) is 4.84. The van der Waals surface area contributed by atoms with Gasteiger partial charge in [0.1, 0.15) is 6.54 Å². The molecular weight excluding hydrogens is 270 g/mol. The number of carbonyl (C=O) groups is 2. The van der Waals surface area contributed by atoms with Gasteiger partial charge >= 0.3 is 12.1 Å². The lowest BCUT2D eigenvalue weighted by Gasteiger charge is -2.17. The average Bonchev–Trinajstić information content (AvgIpc) is 2.50. The molecule has 0 aromatic rings. The van der Waals surface area contributed by atoms with Crippen LogP contribution in [0.1, 0.15) is 65.2 Å². The van der Waals surface area contributed by atoms with Crippen molar-refractivity contribution in [1.82, 2.24) is 4.90 Å². The Morgan fingerprint density at radius 2 is 1.48 bits per heavy atom. The number of likely N-dealkylation sites (N-methyl/N-ethyl adjacent to an activating group) is 1. The molecule has 0 spiro atoms. The Hall–Kier alpha value is -1.26. The summed E-state index contributed by atoms with van der Waals surface area (Å²) >= 11 is 0. The van der Waals surface area contributed by atoms with Gasteiger partial charge in [0.15, 0.2) is 0 Å². The number of amides is 1. The van der Waals surface area contributed by atoms with Crippen LogP contribution in [0.2, 0.25) is 0 Å². The van der Waals surface area contributed by atoms with Crippen molar-refractivity contribution in [2.75, 3.05) is 26.8 Å². The molecule has 0 rings (SSSR count). The zero-order valence-electron chi connectivity index (χ0n) is 13.9. The van der Waals surface area contributed by atoms with Crippen molar-refractivity contribution < 1.29 is 19.1 Å². The number of ether oxygens (including phenoxy) is 2. The molecule has 0 aliphatic heterocycles. The highest BCUT2D eigenvalue weighted by Crippen LogP contribution is 2.08. The Morgan fingerprint density at radius 3 is 2.00 bits per heavy atom. The first-order valence-corrected chi connectivity index (χ1v) is 8.14. The number of hydrogen-bond donors (Lipinski definition) is 0. The second-order valence-electron chi connectivity index (χ2n) is 5.18. The number of esters is 1. The number of rotatable bonds is 12. The second kappa shape index (κ2) is 13.7. The van der Waals surface area contributed by atoms with Gasteiger partial charge in [-0.25, -0.2) is 4.79 Å². The van der Waals surface area contributed by atoms with Crippen LogP contribution in [0.5, 0.6) is 0 Å². The molecule has 0 N–H and O–H groups in total. The first kappa shape index (κ1) is 19.7. The van der Waals surface area contributed by atoms with E-state index in [-0.39, 0.29) is 12.5 Å². The van der Waals surface area contributed by atoms with Crippen LogP contribution in [-0.2, 0) is 14.3 Å². The molecule has 0 radical (unpaired) electrons. The molecule has 0 saturated carbocycles. The summed E-state index contributed by atoms with van der Waals surface area (Å²) in [5.41, 5.74) is 0. The molecule has 5 nitrogen and oxygen atoms in total. The van der Waals surface area contributed by atoms with Gasteiger partial charge in [0.25, 0.3) is 0 Å². The Balaban J connectivity index is 3.51. The van der Waals surface area contributed by atoms with Crippen molar-refractivity contribution in [3.8, 4) is 0 Å². The van der Waals surface area contributed by atoms with E-state index in [1.807, 2.05) is 0 Å². The third-order valence-electron chi connectivity index (χ3n) is 3.40. The summed E-state index contributed by atoms with van der Waals surface area (Å²) in [4.78, 5) is 24.2. The molecule has 5 heteroatoms. The second-order valence-corrected chi connectivity index (χ2v) is 5.18. The van der Waals surface area contributed by atoms with Gasteiger partial charge in [-0.2, -0.15) is 0 Å². The van der Waals surface area contributed by atoms with E-state index in [1.165, 1.54) is 50.5 Å². The lowest BCUT2D eigenvalue weighted by Crippen LogP contribution is -2.36. The Labute approximate surface area is 129 Å². The van der Waals surface area contributed by atoms with Gasteiger partial charge < -0.3 is 9.47 Å². The SMILES string of the molecule is CCCCCCCCCCOC(=O)CN(CC)C(=O)OC. The molecule has 1 amide bonds. The maximum atomic E-state index is 11.6. The summed E-state index contributed by atoms with van der Waals surface area (Å²) in [5.74, 6) is -0.370. The van der Waals surface area contributed by atoms with Crippen LogP contribution < -0.4 is 0 Å². The predicted molar refractivity (Wildman–Crippen MR) is 83.2 cm³/mol. The number of hydrogen-bond acceptors (Lipinski definition) is 4. The summed E-state index contributed by atoms with van der Waals surface area (Å²) in [6, 6.07) is 0. The van der Waals surface area contributed by atoms with Gasteiger partial charge in [0.2, 0.25) is 0 Å². The normalized spacial score (nSPS) is 10.2. The number of carbonyl (C=O) groups excluding carboxylic acids is 2. The van der Waals surface area contributed by atoms with E-state index in [0.29, 0.717) is 13.2 Å². The monoisotopic (exact) mass is 301 g/mol. The van der Waals surface area contributed by atoms with Crippen molar-refractivity contribution in [3.63, 3.8) is 0 Å². The molecule has 0 aliphatic rings. The maximum absolute atomic E-state index is 11.6. The third kappa shape index (κ3) is 11.1. The van der Waals surface area contributed by atoms with Crippen molar-refractivity contribution in [1.29, 1.82) is 0 Å². The molecule has 0 heterocycles. The number of methoxy groups -OCH3 is 1. The summed E-state index contributed by atoms with van der Waals surface area (Å²) < 4.78 is 9.71. The number of unbranched alkanes of at least 4 members (excludes halogenated alkanes) is 7. The zero-order chi connectivity index (χ0) is 15.9. The highest BCUT2D eigenvalue weighted by Gasteiger charge is 2.16. The summed E-state index contributed by atoms with van der Waals surface area (Å²) in [5, 5.41) is 0. The van der Waals surface area contributed by atoms with E-state index in [4.69, 9.17) is 4.74 Å². The van der Waals surface area contributed by atoms with E-state index >= 15 is 0 Å². The van der Waals surface area contributed by atoms with Crippen molar-refractivity contribution in [3.05, 3.63) is 0 Å². The van der Waals surface area contributed by atoms with Crippen molar-refractivity contribution in [2.45, 2.75) is 65.2 Å². The van der Waals surface area contributed by atoms with Crippen LogP contribution in [0.4, 0.5) is 4.79 Å². The Morgan fingerprint density at radius 1 is 0.905 bits per heavy atom. The van der Waals surface area contributed by atoms with E-state index in [0.717, 1.165) is 12.8 Å². The summed E-state index contributed by atoms with van der Waals surface area (Å²) in [7, 11) is 1.30. The molecule has 0 atom stereocenters. The van der Waals surface area contributed by atoms with Gasteiger partial charge in [-0.15, -0.1) is 0 Å². The highest BCUT2D eigenvalue weighted by atomic mass is 16.5. The van der Waals surface area contributed by atoms with Crippen LogP contribution >= 0.6 is 0 Å². The standard InChI is InChI=1S/C16H31NO4/c1-4-6-7-8-9-10-11-12-13-21-15(18)14-17(5-2)16(19)20-3/h4-14H2,1-3H3. The Bertz CT molecular complexity index is 281. The predicted octanol–water partition coefficient (Wildman–Crippen LogP) is 3.76. The molecule has 0 aliphatic carbocycles. The average molecular weight is 301 g/mol. The van der Waals surface area contributed by atoms with Crippen LogP contribution in [0.3, 0.4) is 0 Å².